The van der Waals surface area contributed by atoms with Gasteiger partial charge in [-0.15, -0.1) is 0 Å². The SMILES string of the molecule is CC(C)CN1Sc2cccc3c(N4CCCN(CC(C)(C)C)CC4)ccc1c23. The number of nitrogens with zero attached hydrogens (tertiary/aromatic N) is 3. The zero-order valence-corrected chi connectivity index (χ0v) is 19.0. The van der Waals surface area contributed by atoms with Gasteiger partial charge in [0.2, 0.25) is 0 Å². The van der Waals surface area contributed by atoms with E-state index in [1.165, 1.54) is 46.6 Å². The Labute approximate surface area is 175 Å². The molecule has 0 atom stereocenters. The first-order valence-corrected chi connectivity index (χ1v) is 11.6. The molecule has 0 spiro atoms. The summed E-state index contributed by atoms with van der Waals surface area (Å²) in [5.41, 5.74) is 3.19. The average molecular weight is 398 g/mol. The fourth-order valence-corrected chi connectivity index (χ4v) is 5.88. The van der Waals surface area contributed by atoms with E-state index >= 15 is 0 Å². The molecular formula is C24H35N3S. The maximum atomic E-state index is 2.65. The minimum absolute atomic E-state index is 0.369. The highest BCUT2D eigenvalue weighted by Crippen LogP contribution is 2.48. The molecule has 0 aliphatic carbocycles. The molecule has 2 heterocycles. The molecule has 0 N–H and O–H groups in total. The normalized spacial score (nSPS) is 18.4. The molecule has 2 aliphatic heterocycles. The minimum atomic E-state index is 0.369. The van der Waals surface area contributed by atoms with Crippen molar-refractivity contribution in [2.45, 2.75) is 45.9 Å². The van der Waals surface area contributed by atoms with Gasteiger partial charge >= 0.3 is 0 Å². The summed E-state index contributed by atoms with van der Waals surface area (Å²) in [7, 11) is 0. The Morgan fingerprint density at radius 1 is 0.964 bits per heavy atom. The fraction of sp³-hybridized carbons (Fsp3) is 0.583. The van der Waals surface area contributed by atoms with Crippen LogP contribution in [-0.4, -0.2) is 44.2 Å². The van der Waals surface area contributed by atoms with Gasteiger partial charge in [-0.05, 0) is 54.4 Å². The van der Waals surface area contributed by atoms with Gasteiger partial charge in [-0.2, -0.15) is 0 Å². The zero-order valence-electron chi connectivity index (χ0n) is 18.2. The number of benzene rings is 2. The van der Waals surface area contributed by atoms with Crippen molar-refractivity contribution in [2.75, 3.05) is 48.5 Å². The second-order valence-corrected chi connectivity index (χ2v) is 11.1. The lowest BCUT2D eigenvalue weighted by atomic mass is 9.96. The molecule has 0 aromatic heterocycles. The van der Waals surface area contributed by atoms with Gasteiger partial charge in [-0.3, -0.25) is 0 Å². The van der Waals surface area contributed by atoms with Gasteiger partial charge in [0.1, 0.15) is 0 Å². The van der Waals surface area contributed by atoms with Crippen molar-refractivity contribution >= 4 is 34.1 Å². The lowest BCUT2D eigenvalue weighted by Gasteiger charge is -2.29. The van der Waals surface area contributed by atoms with Crippen LogP contribution in [0.2, 0.25) is 0 Å². The Morgan fingerprint density at radius 2 is 1.75 bits per heavy atom. The largest absolute Gasteiger partial charge is 0.370 e. The molecule has 2 aromatic rings. The Balaban J connectivity index is 1.61. The predicted molar refractivity (Wildman–Crippen MR) is 125 cm³/mol. The molecule has 0 bridgehead atoms. The van der Waals surface area contributed by atoms with Crippen molar-refractivity contribution in [1.82, 2.24) is 4.90 Å². The summed E-state index contributed by atoms with van der Waals surface area (Å²) in [4.78, 5) is 6.70. The van der Waals surface area contributed by atoms with E-state index in [0.717, 1.165) is 26.2 Å². The maximum absolute atomic E-state index is 2.65. The van der Waals surface area contributed by atoms with Crippen LogP contribution < -0.4 is 9.21 Å². The lowest BCUT2D eigenvalue weighted by molar-refractivity contribution is 0.202. The topological polar surface area (TPSA) is 9.72 Å². The molecule has 28 heavy (non-hydrogen) atoms. The van der Waals surface area contributed by atoms with Gasteiger partial charge in [-0.25, -0.2) is 0 Å². The molecule has 2 aliphatic rings. The van der Waals surface area contributed by atoms with Crippen molar-refractivity contribution in [3.05, 3.63) is 30.3 Å². The Kier molecular flexibility index (Phi) is 5.54. The molecule has 3 nitrogen and oxygen atoms in total. The summed E-state index contributed by atoms with van der Waals surface area (Å²) in [6.07, 6.45) is 1.24. The summed E-state index contributed by atoms with van der Waals surface area (Å²) in [6, 6.07) is 11.6. The number of hydrogen-bond acceptors (Lipinski definition) is 4. The van der Waals surface area contributed by atoms with Crippen LogP contribution in [0.4, 0.5) is 11.4 Å². The molecule has 0 amide bonds. The van der Waals surface area contributed by atoms with E-state index in [-0.39, 0.29) is 0 Å². The summed E-state index contributed by atoms with van der Waals surface area (Å²) >= 11 is 1.92. The highest BCUT2D eigenvalue weighted by molar-refractivity contribution is 8.01. The second kappa shape index (κ2) is 7.79. The van der Waals surface area contributed by atoms with Crippen molar-refractivity contribution < 1.29 is 0 Å². The van der Waals surface area contributed by atoms with E-state index in [1.54, 1.807) is 0 Å². The smallest absolute Gasteiger partial charge is 0.0565 e. The third-order valence-corrected chi connectivity index (χ3v) is 6.70. The van der Waals surface area contributed by atoms with Crippen molar-refractivity contribution in [3.63, 3.8) is 0 Å². The van der Waals surface area contributed by atoms with Crippen molar-refractivity contribution in [2.24, 2.45) is 11.3 Å². The van der Waals surface area contributed by atoms with Crippen LogP contribution in [0, 0.1) is 11.3 Å². The lowest BCUT2D eigenvalue weighted by Crippen LogP contribution is -2.36. The zero-order chi connectivity index (χ0) is 19.9. The molecule has 0 radical (unpaired) electrons. The van der Waals surface area contributed by atoms with Gasteiger partial charge in [0.15, 0.2) is 0 Å². The van der Waals surface area contributed by atoms with E-state index in [0.29, 0.717) is 11.3 Å². The first-order chi connectivity index (χ1) is 13.3. The highest BCUT2D eigenvalue weighted by Gasteiger charge is 2.26. The molecule has 4 rings (SSSR count). The van der Waals surface area contributed by atoms with Crippen LogP contribution in [0.5, 0.6) is 0 Å². The molecule has 4 heteroatoms. The van der Waals surface area contributed by atoms with E-state index in [2.05, 4.69) is 79.1 Å². The van der Waals surface area contributed by atoms with Gasteiger partial charge in [0, 0.05) is 54.1 Å². The van der Waals surface area contributed by atoms with E-state index in [1.807, 2.05) is 11.9 Å². The highest BCUT2D eigenvalue weighted by atomic mass is 32.2. The Morgan fingerprint density at radius 3 is 2.50 bits per heavy atom. The van der Waals surface area contributed by atoms with Crippen molar-refractivity contribution in [3.8, 4) is 0 Å². The van der Waals surface area contributed by atoms with Crippen LogP contribution in [0.3, 0.4) is 0 Å². The number of rotatable bonds is 4. The third-order valence-electron chi connectivity index (χ3n) is 5.59. The van der Waals surface area contributed by atoms with Crippen LogP contribution >= 0.6 is 11.9 Å². The van der Waals surface area contributed by atoms with Crippen LogP contribution in [0.15, 0.2) is 35.2 Å². The van der Waals surface area contributed by atoms with Gasteiger partial charge in [0.05, 0.1) is 5.69 Å². The van der Waals surface area contributed by atoms with Crippen molar-refractivity contribution in [1.29, 1.82) is 0 Å². The standard InChI is InChI=1S/C24H35N3S/c1-18(2)16-27-21-11-10-20(19-8-6-9-22(28-27)23(19)21)26-13-7-12-25(14-15-26)17-24(3,4)5/h6,8-11,18H,7,12-17H2,1-5H3. The van der Waals surface area contributed by atoms with E-state index < -0.39 is 0 Å². The third kappa shape index (κ3) is 4.13. The Hall–Kier alpha value is -1.39. The van der Waals surface area contributed by atoms with E-state index in [4.69, 9.17) is 0 Å². The molecule has 1 fully saturated rings. The molecule has 0 unspecified atom stereocenters. The average Bonchev–Trinajstić information content (AvgIpc) is 2.80. The molecule has 0 saturated carbocycles. The van der Waals surface area contributed by atoms with Crippen LogP contribution in [0.25, 0.3) is 10.8 Å². The summed E-state index contributed by atoms with van der Waals surface area (Å²) in [5, 5.41) is 2.89. The Bertz CT molecular complexity index is 840. The molecule has 2 aromatic carbocycles. The quantitative estimate of drug-likeness (QED) is 0.596. The fourth-order valence-electron chi connectivity index (χ4n) is 4.58. The maximum Gasteiger partial charge on any atom is 0.0565 e. The summed E-state index contributed by atoms with van der Waals surface area (Å²) < 4.78 is 2.49. The van der Waals surface area contributed by atoms with Gasteiger partial charge < -0.3 is 14.1 Å². The number of anilines is 2. The van der Waals surface area contributed by atoms with E-state index in [9.17, 15) is 0 Å². The first-order valence-electron chi connectivity index (χ1n) is 10.8. The minimum Gasteiger partial charge on any atom is -0.370 e. The first kappa shape index (κ1) is 19.9. The molecule has 1 saturated heterocycles. The second-order valence-electron chi connectivity index (χ2n) is 10.0. The van der Waals surface area contributed by atoms with Crippen LogP contribution in [-0.2, 0) is 0 Å². The van der Waals surface area contributed by atoms with Gasteiger partial charge in [-0.1, -0.05) is 46.8 Å². The number of hydrogen-bond donors (Lipinski definition) is 0. The van der Waals surface area contributed by atoms with Gasteiger partial charge in [0.25, 0.3) is 0 Å². The molecular weight excluding hydrogens is 362 g/mol. The molecule has 152 valence electrons. The van der Waals surface area contributed by atoms with Crippen LogP contribution in [0.1, 0.15) is 41.0 Å². The summed E-state index contributed by atoms with van der Waals surface area (Å²) in [5.74, 6) is 0.663. The monoisotopic (exact) mass is 397 g/mol. The summed E-state index contributed by atoms with van der Waals surface area (Å²) in [6.45, 7) is 18.6. The predicted octanol–water partition coefficient (Wildman–Crippen LogP) is 5.88.